The van der Waals surface area contributed by atoms with Crippen molar-refractivity contribution in [3.63, 3.8) is 0 Å². The minimum Gasteiger partial charge on any atom is -0.512 e. The molecule has 0 saturated carbocycles. The summed E-state index contributed by atoms with van der Waals surface area (Å²) in [6.07, 6.45) is 6.70. The van der Waals surface area contributed by atoms with E-state index >= 15 is 0 Å². The first-order chi connectivity index (χ1) is 19.8. The standard InChI is InChI=1S/C24H24N3.C13H24O2.Ir/c1-15-11-18(13-19(12-15)24(4,5)6)23-17(3)27-22(14-26-23)20-9-8-10-21(25-7)16(20)2;1-5-10(6-2)12(14)9-13(15)11(7-3)8-4;/h8-10,12-14H,1-6H3;9-11,14H,5-8H2,1-4H3;/q-1;;/b;12-9-;. The molecule has 1 radical (unpaired) electrons. The normalized spacial score (nSPS) is 11.5. The fourth-order valence-electron chi connectivity index (χ4n) is 4.95. The molecule has 0 aliphatic rings. The Hall–Kier alpha value is -3.13. The van der Waals surface area contributed by atoms with Gasteiger partial charge in [0.05, 0.1) is 18.0 Å². The summed E-state index contributed by atoms with van der Waals surface area (Å²) in [5.74, 6) is 0.547. The van der Waals surface area contributed by atoms with Gasteiger partial charge in [0.2, 0.25) is 0 Å². The van der Waals surface area contributed by atoms with E-state index in [9.17, 15) is 9.90 Å². The Labute approximate surface area is 273 Å². The molecule has 3 aromatic rings. The van der Waals surface area contributed by atoms with Crippen LogP contribution < -0.4 is 0 Å². The Kier molecular flexibility index (Phi) is 15.2. The van der Waals surface area contributed by atoms with E-state index in [1.165, 1.54) is 11.6 Å². The number of benzene rings is 2. The zero-order valence-electron chi connectivity index (χ0n) is 27.6. The summed E-state index contributed by atoms with van der Waals surface area (Å²) in [6.45, 7) is 28.0. The summed E-state index contributed by atoms with van der Waals surface area (Å²) < 4.78 is 0. The van der Waals surface area contributed by atoms with Crippen molar-refractivity contribution < 1.29 is 30.0 Å². The largest absolute Gasteiger partial charge is 0.512 e. The van der Waals surface area contributed by atoms with Crippen LogP contribution in [0.3, 0.4) is 0 Å². The molecule has 6 heteroatoms. The van der Waals surface area contributed by atoms with Crippen molar-refractivity contribution in [1.82, 2.24) is 9.97 Å². The van der Waals surface area contributed by atoms with Crippen LogP contribution in [-0.4, -0.2) is 20.9 Å². The topological polar surface area (TPSA) is 67.4 Å². The minimum absolute atomic E-state index is 0. The summed E-state index contributed by atoms with van der Waals surface area (Å²) in [6, 6.07) is 13.5. The van der Waals surface area contributed by atoms with Crippen molar-refractivity contribution >= 4 is 11.5 Å². The molecule has 3 rings (SSSR count). The van der Waals surface area contributed by atoms with Gasteiger partial charge in [-0.3, -0.25) is 9.78 Å². The molecule has 1 N–H and O–H groups in total. The van der Waals surface area contributed by atoms with Crippen molar-refractivity contribution in [3.8, 4) is 22.5 Å². The Morgan fingerprint density at radius 3 is 2.14 bits per heavy atom. The van der Waals surface area contributed by atoms with Crippen LogP contribution >= 0.6 is 0 Å². The average molecular weight is 759 g/mol. The van der Waals surface area contributed by atoms with Crippen molar-refractivity contribution in [2.75, 3.05) is 0 Å². The molecular formula is C37H48IrN3O2-. The molecule has 0 amide bonds. The first kappa shape index (κ1) is 37.9. The van der Waals surface area contributed by atoms with Crippen LogP contribution in [0, 0.1) is 45.2 Å². The Bertz CT molecular complexity index is 1440. The van der Waals surface area contributed by atoms with Gasteiger partial charge in [-0.05, 0) is 56.1 Å². The SMILES string of the molecule is CCC(CC)C(=O)/C=C(\O)C(CC)CC.[C-]#[N+]c1cccc(-c2cnc(-c3[c-]c(C)cc(C(C)(C)C)c3)c(C)n2)c1C.[Ir]. The summed E-state index contributed by atoms with van der Waals surface area (Å²) in [4.78, 5) is 24.8. The number of aromatic nitrogens is 2. The van der Waals surface area contributed by atoms with Crippen molar-refractivity contribution in [3.05, 3.63) is 88.2 Å². The number of nitrogens with zero attached hydrogens (tertiary/aromatic N) is 3. The zero-order chi connectivity index (χ0) is 31.6. The summed E-state index contributed by atoms with van der Waals surface area (Å²) >= 11 is 0. The van der Waals surface area contributed by atoms with Crippen molar-refractivity contribution in [1.29, 1.82) is 0 Å². The van der Waals surface area contributed by atoms with Crippen LogP contribution in [-0.2, 0) is 30.3 Å². The van der Waals surface area contributed by atoms with Gasteiger partial charge in [-0.2, -0.15) is 0 Å². The number of aliphatic hydroxyl groups excluding tert-OH is 1. The second-order valence-corrected chi connectivity index (χ2v) is 12.0. The maximum atomic E-state index is 11.7. The summed E-state index contributed by atoms with van der Waals surface area (Å²) in [5, 5.41) is 9.76. The Morgan fingerprint density at radius 2 is 1.63 bits per heavy atom. The smallest absolute Gasteiger partial charge is 0.190 e. The van der Waals surface area contributed by atoms with E-state index in [1.807, 2.05) is 59.7 Å². The van der Waals surface area contributed by atoms with Crippen LogP contribution in [0.2, 0.25) is 0 Å². The van der Waals surface area contributed by atoms with Crippen LogP contribution in [0.4, 0.5) is 5.69 Å². The van der Waals surface area contributed by atoms with Gasteiger partial charge in [-0.1, -0.05) is 73.6 Å². The number of hydrogen-bond donors (Lipinski definition) is 1. The molecule has 0 aliphatic heterocycles. The quantitative estimate of drug-likeness (QED) is 0.134. The molecule has 1 heterocycles. The maximum Gasteiger partial charge on any atom is 0.190 e. The monoisotopic (exact) mass is 759 g/mol. The first-order valence-electron chi connectivity index (χ1n) is 15.1. The third-order valence-corrected chi connectivity index (χ3v) is 7.86. The molecular weight excluding hydrogens is 711 g/mol. The number of aliphatic hydroxyl groups is 1. The van der Waals surface area contributed by atoms with Crippen LogP contribution in [0.25, 0.3) is 27.4 Å². The molecule has 233 valence electrons. The van der Waals surface area contributed by atoms with E-state index in [2.05, 4.69) is 50.7 Å². The molecule has 2 aromatic carbocycles. The predicted octanol–water partition coefficient (Wildman–Crippen LogP) is 10.3. The number of ketones is 1. The van der Waals surface area contributed by atoms with Crippen LogP contribution in [0.1, 0.15) is 96.5 Å². The van der Waals surface area contributed by atoms with Crippen LogP contribution in [0.15, 0.2) is 48.4 Å². The fraction of sp³-hybridized carbons (Fsp3) is 0.459. The third kappa shape index (κ3) is 10.2. The summed E-state index contributed by atoms with van der Waals surface area (Å²) in [5.41, 5.74) is 8.45. The van der Waals surface area contributed by atoms with Gasteiger partial charge >= 0.3 is 0 Å². The minimum atomic E-state index is 0. The molecule has 0 aliphatic carbocycles. The van der Waals surface area contributed by atoms with Gasteiger partial charge in [0, 0.05) is 55.6 Å². The van der Waals surface area contributed by atoms with Crippen molar-refractivity contribution in [2.45, 2.75) is 100 Å². The van der Waals surface area contributed by atoms with Crippen molar-refractivity contribution in [2.24, 2.45) is 11.8 Å². The fourth-order valence-corrected chi connectivity index (χ4v) is 4.95. The first-order valence-corrected chi connectivity index (χ1v) is 15.1. The van der Waals surface area contributed by atoms with Crippen LogP contribution in [0.5, 0.6) is 0 Å². The van der Waals surface area contributed by atoms with E-state index in [0.29, 0.717) is 5.69 Å². The number of rotatable bonds is 9. The molecule has 1 aromatic heterocycles. The molecule has 0 saturated heterocycles. The van der Waals surface area contributed by atoms with E-state index in [0.717, 1.165) is 65.0 Å². The average Bonchev–Trinajstić information content (AvgIpc) is 2.94. The van der Waals surface area contributed by atoms with Gasteiger partial charge in [-0.25, -0.2) is 4.85 Å². The van der Waals surface area contributed by atoms with Gasteiger partial charge in [0.25, 0.3) is 0 Å². The predicted molar refractivity (Wildman–Crippen MR) is 175 cm³/mol. The number of carbonyl (C=O) groups excluding carboxylic acids is 1. The molecule has 0 bridgehead atoms. The van der Waals surface area contributed by atoms with Gasteiger partial charge in [-0.15, -0.1) is 34.9 Å². The second-order valence-electron chi connectivity index (χ2n) is 12.0. The Balaban J connectivity index is 0.000000497. The molecule has 0 unspecified atom stereocenters. The molecule has 5 nitrogen and oxygen atoms in total. The molecule has 0 atom stereocenters. The van der Waals surface area contributed by atoms with Gasteiger partial charge in [0.1, 0.15) is 0 Å². The number of aryl methyl sites for hydroxylation is 2. The number of carbonyl (C=O) groups is 1. The molecule has 0 spiro atoms. The van der Waals surface area contributed by atoms with Gasteiger partial charge in [0.15, 0.2) is 11.5 Å². The molecule has 0 fully saturated rings. The third-order valence-electron chi connectivity index (χ3n) is 7.86. The van der Waals surface area contributed by atoms with E-state index in [-0.39, 0.29) is 48.9 Å². The van der Waals surface area contributed by atoms with E-state index in [4.69, 9.17) is 16.5 Å². The summed E-state index contributed by atoms with van der Waals surface area (Å²) in [7, 11) is 0. The molecule has 43 heavy (non-hydrogen) atoms. The zero-order valence-corrected chi connectivity index (χ0v) is 30.0. The maximum absolute atomic E-state index is 11.7. The second kappa shape index (κ2) is 17.2. The number of hydrogen-bond acceptors (Lipinski definition) is 4. The number of allylic oxidation sites excluding steroid dienone is 2. The van der Waals surface area contributed by atoms with E-state index in [1.54, 1.807) is 6.20 Å². The Morgan fingerprint density at radius 1 is 1.02 bits per heavy atom. The van der Waals surface area contributed by atoms with E-state index < -0.39 is 0 Å². The van der Waals surface area contributed by atoms with Gasteiger partial charge < -0.3 is 10.1 Å².